The molecule has 0 saturated carbocycles. The fraction of sp³-hybridized carbons (Fsp3) is 0.143. The minimum atomic E-state index is -0.374. The van der Waals surface area contributed by atoms with Crippen molar-refractivity contribution in [3.8, 4) is 0 Å². The Labute approximate surface area is 124 Å². The summed E-state index contributed by atoms with van der Waals surface area (Å²) in [4.78, 5) is 16.0. The first-order valence-electron chi connectivity index (χ1n) is 5.97. The molecule has 0 spiro atoms. The lowest BCUT2D eigenvalue weighted by Crippen LogP contribution is -2.28. The van der Waals surface area contributed by atoms with Crippen LogP contribution >= 0.6 is 15.9 Å². The molecule has 0 radical (unpaired) electrons. The maximum absolute atomic E-state index is 12.9. The number of nitrogens with one attached hydrogen (secondary N) is 2. The Balaban J connectivity index is 1.92. The van der Waals surface area contributed by atoms with Crippen LogP contribution in [0, 0.1) is 12.7 Å². The summed E-state index contributed by atoms with van der Waals surface area (Å²) in [6, 6.07) is 9.29. The van der Waals surface area contributed by atoms with Crippen molar-refractivity contribution in [2.75, 3.05) is 5.32 Å². The Morgan fingerprint density at radius 3 is 2.85 bits per heavy atom. The highest BCUT2D eigenvalue weighted by atomic mass is 79.9. The highest BCUT2D eigenvalue weighted by Crippen LogP contribution is 2.22. The van der Waals surface area contributed by atoms with E-state index in [1.807, 2.05) is 25.1 Å². The summed E-state index contributed by atoms with van der Waals surface area (Å²) >= 11 is 3.19. The Kier molecular flexibility index (Phi) is 4.68. The van der Waals surface area contributed by atoms with Crippen LogP contribution in [0.2, 0.25) is 0 Å². The molecule has 0 fully saturated rings. The zero-order valence-corrected chi connectivity index (χ0v) is 12.4. The highest BCUT2D eigenvalue weighted by molar-refractivity contribution is 9.10. The first kappa shape index (κ1) is 14.5. The number of aryl methyl sites for hydroxylation is 1. The van der Waals surface area contributed by atoms with E-state index in [-0.39, 0.29) is 11.8 Å². The molecular formula is C14H13BrFN3O. The van der Waals surface area contributed by atoms with Crippen LogP contribution < -0.4 is 10.6 Å². The first-order valence-corrected chi connectivity index (χ1v) is 6.76. The number of amides is 2. The smallest absolute Gasteiger partial charge is 0.319 e. The molecule has 1 aromatic carbocycles. The van der Waals surface area contributed by atoms with Gasteiger partial charge in [-0.3, -0.25) is 4.98 Å². The molecule has 0 aliphatic heterocycles. The Hall–Kier alpha value is -1.95. The molecule has 104 valence electrons. The number of halogens is 2. The third-order valence-electron chi connectivity index (χ3n) is 2.56. The van der Waals surface area contributed by atoms with Crippen LogP contribution in [-0.2, 0) is 6.54 Å². The van der Waals surface area contributed by atoms with Gasteiger partial charge in [0, 0.05) is 10.2 Å². The van der Waals surface area contributed by atoms with Crippen molar-refractivity contribution in [2.24, 2.45) is 0 Å². The molecular weight excluding hydrogens is 325 g/mol. The predicted octanol–water partition coefficient (Wildman–Crippen LogP) is 3.61. The number of hydrogen-bond donors (Lipinski definition) is 2. The van der Waals surface area contributed by atoms with E-state index in [9.17, 15) is 9.18 Å². The van der Waals surface area contributed by atoms with E-state index in [4.69, 9.17) is 0 Å². The molecule has 2 amide bonds. The van der Waals surface area contributed by atoms with Crippen LogP contribution in [0.4, 0.5) is 14.9 Å². The molecule has 2 aromatic rings. The molecule has 0 unspecified atom stereocenters. The Morgan fingerprint density at radius 2 is 2.15 bits per heavy atom. The summed E-state index contributed by atoms with van der Waals surface area (Å²) in [7, 11) is 0. The largest absolute Gasteiger partial charge is 0.332 e. The van der Waals surface area contributed by atoms with Crippen molar-refractivity contribution in [3.05, 3.63) is 58.1 Å². The van der Waals surface area contributed by atoms with Crippen molar-refractivity contribution >= 4 is 27.6 Å². The third kappa shape index (κ3) is 4.03. The number of carbonyl (C=O) groups is 1. The molecule has 0 atom stereocenters. The number of aromatic nitrogens is 1. The van der Waals surface area contributed by atoms with E-state index >= 15 is 0 Å². The number of anilines is 1. The van der Waals surface area contributed by atoms with Gasteiger partial charge in [-0.25, -0.2) is 9.18 Å². The molecule has 2 rings (SSSR count). The molecule has 0 aliphatic carbocycles. The topological polar surface area (TPSA) is 54.0 Å². The lowest BCUT2D eigenvalue weighted by Gasteiger charge is -2.09. The van der Waals surface area contributed by atoms with Crippen LogP contribution in [0.3, 0.4) is 0 Å². The van der Waals surface area contributed by atoms with Crippen LogP contribution in [0.5, 0.6) is 0 Å². The maximum atomic E-state index is 12.9. The minimum absolute atomic E-state index is 0.326. The average Bonchev–Trinajstić information content (AvgIpc) is 2.40. The molecule has 6 heteroatoms. The van der Waals surface area contributed by atoms with Gasteiger partial charge < -0.3 is 10.6 Å². The molecule has 4 nitrogen and oxygen atoms in total. The Bertz CT molecular complexity index is 634. The summed E-state index contributed by atoms with van der Waals surface area (Å²) in [5.74, 6) is -0.369. The van der Waals surface area contributed by atoms with Crippen LogP contribution in [0.15, 0.2) is 40.9 Å². The van der Waals surface area contributed by atoms with Crippen molar-refractivity contribution in [3.63, 3.8) is 0 Å². The van der Waals surface area contributed by atoms with Crippen LogP contribution in [0.25, 0.3) is 0 Å². The van der Waals surface area contributed by atoms with Crippen LogP contribution in [0.1, 0.15) is 11.4 Å². The lowest BCUT2D eigenvalue weighted by molar-refractivity contribution is 0.251. The molecule has 0 saturated heterocycles. The van der Waals surface area contributed by atoms with E-state index in [1.54, 1.807) is 0 Å². The molecule has 0 aliphatic rings. The minimum Gasteiger partial charge on any atom is -0.332 e. The highest BCUT2D eigenvalue weighted by Gasteiger charge is 2.06. The summed E-state index contributed by atoms with van der Waals surface area (Å²) in [6.45, 7) is 2.21. The SMILES string of the molecule is Cc1cccc(CNC(=O)Nc2ccc(F)cc2Br)n1. The van der Waals surface area contributed by atoms with Gasteiger partial charge in [-0.2, -0.15) is 0 Å². The second-order valence-electron chi connectivity index (χ2n) is 4.20. The van der Waals surface area contributed by atoms with E-state index in [0.29, 0.717) is 16.7 Å². The fourth-order valence-corrected chi connectivity index (χ4v) is 2.08. The Morgan fingerprint density at radius 1 is 1.35 bits per heavy atom. The standard InChI is InChI=1S/C14H13BrFN3O/c1-9-3-2-4-11(18-9)8-17-14(20)19-13-6-5-10(16)7-12(13)15/h2-7H,8H2,1H3,(H2,17,19,20). The van der Waals surface area contributed by atoms with Gasteiger partial charge in [0.2, 0.25) is 0 Å². The second-order valence-corrected chi connectivity index (χ2v) is 5.06. The summed E-state index contributed by atoms with van der Waals surface area (Å²) in [5.41, 5.74) is 2.17. The number of urea groups is 1. The van der Waals surface area contributed by atoms with Gasteiger partial charge in [-0.05, 0) is 53.2 Å². The van der Waals surface area contributed by atoms with Gasteiger partial charge in [0.05, 0.1) is 17.9 Å². The van der Waals surface area contributed by atoms with Gasteiger partial charge in [0.25, 0.3) is 0 Å². The zero-order chi connectivity index (χ0) is 14.5. The fourth-order valence-electron chi connectivity index (χ4n) is 1.63. The second kappa shape index (κ2) is 6.47. The number of benzene rings is 1. The van der Waals surface area contributed by atoms with Gasteiger partial charge in [-0.15, -0.1) is 0 Å². The average molecular weight is 338 g/mol. The van der Waals surface area contributed by atoms with E-state index < -0.39 is 0 Å². The molecule has 2 N–H and O–H groups in total. The lowest BCUT2D eigenvalue weighted by atomic mass is 10.3. The van der Waals surface area contributed by atoms with Gasteiger partial charge in [0.1, 0.15) is 5.82 Å². The summed E-state index contributed by atoms with van der Waals surface area (Å²) < 4.78 is 13.4. The van der Waals surface area contributed by atoms with Crippen molar-refractivity contribution in [2.45, 2.75) is 13.5 Å². The number of nitrogens with zero attached hydrogens (tertiary/aromatic N) is 1. The maximum Gasteiger partial charge on any atom is 0.319 e. The summed E-state index contributed by atoms with van der Waals surface area (Å²) in [6.07, 6.45) is 0. The van der Waals surface area contributed by atoms with E-state index in [1.165, 1.54) is 18.2 Å². The van der Waals surface area contributed by atoms with Gasteiger partial charge in [-0.1, -0.05) is 6.07 Å². The van der Waals surface area contributed by atoms with Crippen molar-refractivity contribution in [1.82, 2.24) is 10.3 Å². The van der Waals surface area contributed by atoms with E-state index in [0.717, 1.165) is 11.4 Å². The molecule has 1 aromatic heterocycles. The number of carbonyl (C=O) groups excluding carboxylic acids is 1. The normalized spacial score (nSPS) is 10.2. The zero-order valence-electron chi connectivity index (χ0n) is 10.8. The third-order valence-corrected chi connectivity index (χ3v) is 3.21. The summed E-state index contributed by atoms with van der Waals surface area (Å²) in [5, 5.41) is 5.32. The predicted molar refractivity (Wildman–Crippen MR) is 78.9 cm³/mol. The van der Waals surface area contributed by atoms with Crippen molar-refractivity contribution in [1.29, 1.82) is 0 Å². The number of pyridine rings is 1. The van der Waals surface area contributed by atoms with E-state index in [2.05, 4.69) is 31.5 Å². The first-order chi connectivity index (χ1) is 9.54. The molecule has 0 bridgehead atoms. The van der Waals surface area contributed by atoms with Crippen LogP contribution in [-0.4, -0.2) is 11.0 Å². The monoisotopic (exact) mass is 337 g/mol. The quantitative estimate of drug-likeness (QED) is 0.898. The number of rotatable bonds is 3. The molecule has 1 heterocycles. The number of hydrogen-bond acceptors (Lipinski definition) is 2. The van der Waals surface area contributed by atoms with Crippen molar-refractivity contribution < 1.29 is 9.18 Å². The molecule has 20 heavy (non-hydrogen) atoms. The van der Waals surface area contributed by atoms with Gasteiger partial charge >= 0.3 is 6.03 Å². The van der Waals surface area contributed by atoms with Gasteiger partial charge in [0.15, 0.2) is 0 Å².